The molecule has 3 rings (SSSR count). The van der Waals surface area contributed by atoms with Crippen LogP contribution < -0.4 is 0 Å². The van der Waals surface area contributed by atoms with Crippen LogP contribution in [-0.4, -0.2) is 25.9 Å². The summed E-state index contributed by atoms with van der Waals surface area (Å²) >= 11 is 0. The molecule has 0 unspecified atom stereocenters. The number of nitrogens with zero attached hydrogens (tertiary/aromatic N) is 3. The number of fused-ring (bicyclic) bond motifs is 1. The Morgan fingerprint density at radius 2 is 2.00 bits per heavy atom. The van der Waals surface area contributed by atoms with Crippen LogP contribution in [0.15, 0.2) is 43.0 Å². The van der Waals surface area contributed by atoms with Crippen LogP contribution in [0.2, 0.25) is 0 Å². The normalized spacial score (nSPS) is 10.5. The molecule has 0 amide bonds. The molecule has 94 valence electrons. The molecule has 0 atom stereocenters. The van der Waals surface area contributed by atoms with Crippen molar-refractivity contribution in [2.75, 3.05) is 0 Å². The third-order valence-corrected chi connectivity index (χ3v) is 2.65. The maximum atomic E-state index is 11.8. The Kier molecular flexibility index (Phi) is 2.89. The van der Waals surface area contributed by atoms with Gasteiger partial charge < -0.3 is 9.72 Å². The third-order valence-electron chi connectivity index (χ3n) is 2.65. The minimum absolute atomic E-state index is 0.0783. The van der Waals surface area contributed by atoms with Crippen LogP contribution in [0.5, 0.6) is 0 Å². The number of carbonyl (C=O) groups is 1. The number of hydrogen-bond acceptors (Lipinski definition) is 5. The molecule has 6 nitrogen and oxygen atoms in total. The number of ether oxygens (including phenoxy) is 1. The lowest BCUT2D eigenvalue weighted by Gasteiger charge is -2.04. The molecule has 2 aromatic heterocycles. The number of benzene rings is 1. The second-order valence-corrected chi connectivity index (χ2v) is 3.86. The predicted molar refractivity (Wildman–Crippen MR) is 67.2 cm³/mol. The summed E-state index contributed by atoms with van der Waals surface area (Å²) < 4.78 is 5.21. The lowest BCUT2D eigenvalue weighted by atomic mass is 10.2. The first-order valence-corrected chi connectivity index (χ1v) is 5.70. The second-order valence-electron chi connectivity index (χ2n) is 3.86. The van der Waals surface area contributed by atoms with Crippen molar-refractivity contribution in [1.29, 1.82) is 0 Å². The molecule has 0 spiro atoms. The van der Waals surface area contributed by atoms with Crippen LogP contribution in [0, 0.1) is 0 Å². The van der Waals surface area contributed by atoms with Gasteiger partial charge >= 0.3 is 5.97 Å². The van der Waals surface area contributed by atoms with E-state index in [0.29, 0.717) is 22.4 Å². The molecule has 2 heterocycles. The van der Waals surface area contributed by atoms with Crippen LogP contribution in [0.1, 0.15) is 16.1 Å². The van der Waals surface area contributed by atoms with E-state index in [0.717, 1.165) is 0 Å². The smallest absolute Gasteiger partial charge is 0.338 e. The van der Waals surface area contributed by atoms with E-state index in [1.54, 1.807) is 24.3 Å². The van der Waals surface area contributed by atoms with Gasteiger partial charge in [0.1, 0.15) is 24.1 Å². The first kappa shape index (κ1) is 11.3. The fraction of sp³-hybridized carbons (Fsp3) is 0.0769. The summed E-state index contributed by atoms with van der Waals surface area (Å²) in [5.41, 5.74) is 2.35. The van der Waals surface area contributed by atoms with Gasteiger partial charge in [-0.25, -0.2) is 19.7 Å². The molecule has 0 saturated carbocycles. The van der Waals surface area contributed by atoms with Gasteiger partial charge in [0, 0.05) is 0 Å². The Hall–Kier alpha value is -2.76. The Morgan fingerprint density at radius 3 is 2.84 bits per heavy atom. The maximum Gasteiger partial charge on any atom is 0.338 e. The number of carbonyl (C=O) groups excluding carboxylic acids is 1. The van der Waals surface area contributed by atoms with Gasteiger partial charge in [-0.2, -0.15) is 0 Å². The van der Waals surface area contributed by atoms with Gasteiger partial charge in [-0.1, -0.05) is 18.2 Å². The highest BCUT2D eigenvalue weighted by Gasteiger charge is 2.10. The molecular formula is C13H10N4O2. The number of hydrogen-bond donors (Lipinski definition) is 1. The number of aromatic nitrogens is 4. The van der Waals surface area contributed by atoms with Crippen molar-refractivity contribution in [1.82, 2.24) is 19.9 Å². The standard InChI is InChI=1S/C13H10N4O2/c18-13(9-4-2-1-3-5-9)19-6-10-11-12(16-7-14-10)17-8-15-11/h1-5,7-8H,6H2,(H,14,15,16,17). The van der Waals surface area contributed by atoms with Crippen molar-refractivity contribution < 1.29 is 9.53 Å². The topological polar surface area (TPSA) is 80.8 Å². The summed E-state index contributed by atoms with van der Waals surface area (Å²) in [5, 5.41) is 0. The Labute approximate surface area is 108 Å². The van der Waals surface area contributed by atoms with Crippen molar-refractivity contribution in [3.63, 3.8) is 0 Å². The molecular weight excluding hydrogens is 244 g/mol. The maximum absolute atomic E-state index is 11.8. The van der Waals surface area contributed by atoms with Crippen LogP contribution in [0.4, 0.5) is 0 Å². The number of H-pyrrole nitrogens is 1. The average Bonchev–Trinajstić information content (AvgIpc) is 2.94. The quantitative estimate of drug-likeness (QED) is 0.719. The Balaban J connectivity index is 1.76. The van der Waals surface area contributed by atoms with Crippen LogP contribution in [-0.2, 0) is 11.3 Å². The largest absolute Gasteiger partial charge is 0.455 e. The minimum Gasteiger partial charge on any atom is -0.455 e. The van der Waals surface area contributed by atoms with Crippen LogP contribution in [0.25, 0.3) is 11.2 Å². The zero-order chi connectivity index (χ0) is 13.1. The summed E-state index contributed by atoms with van der Waals surface area (Å²) in [4.78, 5) is 26.8. The van der Waals surface area contributed by atoms with Crippen molar-refractivity contribution in [2.45, 2.75) is 6.61 Å². The Bertz CT molecular complexity index is 709. The van der Waals surface area contributed by atoms with E-state index in [9.17, 15) is 4.79 Å². The van der Waals surface area contributed by atoms with Gasteiger partial charge in [-0.3, -0.25) is 0 Å². The van der Waals surface area contributed by atoms with Gasteiger partial charge in [0.2, 0.25) is 0 Å². The van der Waals surface area contributed by atoms with E-state index >= 15 is 0 Å². The summed E-state index contributed by atoms with van der Waals surface area (Å²) in [7, 11) is 0. The van der Waals surface area contributed by atoms with Crippen molar-refractivity contribution in [3.8, 4) is 0 Å². The van der Waals surface area contributed by atoms with E-state index in [1.165, 1.54) is 12.7 Å². The van der Waals surface area contributed by atoms with Gasteiger partial charge in [-0.15, -0.1) is 0 Å². The molecule has 0 radical (unpaired) electrons. The van der Waals surface area contributed by atoms with Crippen molar-refractivity contribution in [3.05, 3.63) is 54.2 Å². The monoisotopic (exact) mass is 254 g/mol. The highest BCUT2D eigenvalue weighted by Crippen LogP contribution is 2.11. The number of esters is 1. The van der Waals surface area contributed by atoms with E-state index < -0.39 is 0 Å². The van der Waals surface area contributed by atoms with Gasteiger partial charge in [0.25, 0.3) is 0 Å². The molecule has 0 fully saturated rings. The van der Waals surface area contributed by atoms with E-state index in [-0.39, 0.29) is 12.6 Å². The average molecular weight is 254 g/mol. The molecule has 1 N–H and O–H groups in total. The first-order valence-electron chi connectivity index (χ1n) is 5.70. The zero-order valence-electron chi connectivity index (χ0n) is 9.91. The highest BCUT2D eigenvalue weighted by molar-refractivity contribution is 5.89. The molecule has 6 heteroatoms. The predicted octanol–water partition coefficient (Wildman–Crippen LogP) is 1.71. The SMILES string of the molecule is O=C(OCc1ncnc2nc[nH]c12)c1ccccc1. The van der Waals surface area contributed by atoms with Crippen molar-refractivity contribution >= 4 is 17.1 Å². The summed E-state index contributed by atoms with van der Waals surface area (Å²) in [6.07, 6.45) is 2.93. The van der Waals surface area contributed by atoms with E-state index in [1.807, 2.05) is 6.07 Å². The van der Waals surface area contributed by atoms with E-state index in [4.69, 9.17) is 4.74 Å². The minimum atomic E-state index is -0.383. The molecule has 0 aliphatic carbocycles. The molecule has 0 bridgehead atoms. The van der Waals surface area contributed by atoms with Gasteiger partial charge in [0.15, 0.2) is 5.65 Å². The lowest BCUT2D eigenvalue weighted by molar-refractivity contribution is 0.0469. The second kappa shape index (κ2) is 4.85. The summed E-state index contributed by atoms with van der Waals surface area (Å²) in [6, 6.07) is 8.82. The first-order chi connectivity index (χ1) is 9.34. The summed E-state index contributed by atoms with van der Waals surface area (Å²) in [6.45, 7) is 0.0783. The molecule has 0 aliphatic heterocycles. The Morgan fingerprint density at radius 1 is 1.16 bits per heavy atom. The highest BCUT2D eigenvalue weighted by atomic mass is 16.5. The van der Waals surface area contributed by atoms with E-state index in [2.05, 4.69) is 19.9 Å². The summed E-state index contributed by atoms with van der Waals surface area (Å²) in [5.74, 6) is -0.383. The number of nitrogens with one attached hydrogen (secondary N) is 1. The van der Waals surface area contributed by atoms with Crippen molar-refractivity contribution in [2.24, 2.45) is 0 Å². The zero-order valence-corrected chi connectivity index (χ0v) is 9.91. The number of imidazole rings is 1. The lowest BCUT2D eigenvalue weighted by Crippen LogP contribution is -2.06. The molecule has 0 aliphatic rings. The molecule has 19 heavy (non-hydrogen) atoms. The number of aromatic amines is 1. The molecule has 1 aromatic carbocycles. The fourth-order valence-electron chi connectivity index (χ4n) is 1.72. The van der Waals surface area contributed by atoms with Crippen LogP contribution >= 0.6 is 0 Å². The van der Waals surface area contributed by atoms with Gasteiger partial charge in [-0.05, 0) is 12.1 Å². The van der Waals surface area contributed by atoms with Gasteiger partial charge in [0.05, 0.1) is 11.9 Å². The molecule has 3 aromatic rings. The number of rotatable bonds is 3. The molecule has 0 saturated heterocycles. The third kappa shape index (κ3) is 2.28. The fourth-order valence-corrected chi connectivity index (χ4v) is 1.72. The van der Waals surface area contributed by atoms with Crippen LogP contribution in [0.3, 0.4) is 0 Å².